The number of aromatic amines is 1. The van der Waals surface area contributed by atoms with Crippen LogP contribution in [0.4, 0.5) is 0 Å². The number of aromatic nitrogens is 1. The Kier molecular flexibility index (Phi) is 5.31. The third-order valence-corrected chi connectivity index (χ3v) is 6.90. The number of nitrogens with one attached hydrogen (secondary N) is 2. The second kappa shape index (κ2) is 7.73. The van der Waals surface area contributed by atoms with Gasteiger partial charge in [0.05, 0.1) is 0 Å². The summed E-state index contributed by atoms with van der Waals surface area (Å²) in [6.45, 7) is 4.43. The number of rotatable bonds is 6. The third kappa shape index (κ3) is 3.74. The molecule has 1 saturated carbocycles. The molecule has 3 nitrogen and oxygen atoms in total. The molecule has 0 bridgehead atoms. The van der Waals surface area contributed by atoms with E-state index in [9.17, 15) is 0 Å². The van der Waals surface area contributed by atoms with Crippen molar-refractivity contribution in [2.45, 2.75) is 44.7 Å². The number of H-pyrrole nitrogens is 1. The van der Waals surface area contributed by atoms with E-state index in [1.165, 1.54) is 47.8 Å². The number of nitrogens with zero attached hydrogens (tertiary/aromatic N) is 1. The normalized spacial score (nSPS) is 25.4. The van der Waals surface area contributed by atoms with Crippen LogP contribution < -0.4 is 5.32 Å². The number of hydrogen-bond donors (Lipinski definition) is 2. The van der Waals surface area contributed by atoms with Gasteiger partial charge in [0.25, 0.3) is 0 Å². The molecule has 1 heterocycles. The van der Waals surface area contributed by atoms with Crippen LogP contribution in [0, 0.1) is 5.41 Å². The molecular weight excluding hydrogens is 342 g/mol. The van der Waals surface area contributed by atoms with Gasteiger partial charge in [-0.25, -0.2) is 0 Å². The van der Waals surface area contributed by atoms with Crippen molar-refractivity contribution in [3.05, 3.63) is 71.9 Å². The van der Waals surface area contributed by atoms with Crippen LogP contribution in [0.2, 0.25) is 0 Å². The summed E-state index contributed by atoms with van der Waals surface area (Å²) in [5.41, 5.74) is 4.50. The summed E-state index contributed by atoms with van der Waals surface area (Å²) in [5.74, 6) is 0. The van der Waals surface area contributed by atoms with E-state index in [0.29, 0.717) is 5.41 Å². The van der Waals surface area contributed by atoms with E-state index in [1.54, 1.807) is 0 Å². The standard InChI is InChI=1S/C25H33N3/c1-24(19-26-18-22-17-20-9-7-8-12-23(20)27-22)13-15-25(16-14-24,28(2)3)21-10-5-4-6-11-21/h4-12,17,26-27H,13-16,18-19H2,1-3H3. The van der Waals surface area contributed by atoms with E-state index in [4.69, 9.17) is 0 Å². The fraction of sp³-hybridized carbons (Fsp3) is 0.440. The molecule has 28 heavy (non-hydrogen) atoms. The molecule has 0 radical (unpaired) electrons. The maximum atomic E-state index is 3.72. The van der Waals surface area contributed by atoms with Crippen LogP contribution >= 0.6 is 0 Å². The highest BCUT2D eigenvalue weighted by Gasteiger charge is 2.42. The molecule has 1 aliphatic carbocycles. The average molecular weight is 376 g/mol. The first kappa shape index (κ1) is 19.2. The number of hydrogen-bond acceptors (Lipinski definition) is 2. The lowest BCUT2D eigenvalue weighted by molar-refractivity contribution is 0.0424. The Hall–Kier alpha value is -2.10. The molecule has 148 valence electrons. The minimum Gasteiger partial charge on any atom is -0.357 e. The fourth-order valence-electron chi connectivity index (χ4n) is 4.91. The van der Waals surface area contributed by atoms with Crippen molar-refractivity contribution in [2.24, 2.45) is 5.41 Å². The van der Waals surface area contributed by atoms with E-state index >= 15 is 0 Å². The van der Waals surface area contributed by atoms with Crippen molar-refractivity contribution < 1.29 is 0 Å². The molecule has 4 rings (SSSR count). The first-order valence-corrected chi connectivity index (χ1v) is 10.5. The zero-order valence-electron chi connectivity index (χ0n) is 17.5. The van der Waals surface area contributed by atoms with Crippen LogP contribution in [0.3, 0.4) is 0 Å². The van der Waals surface area contributed by atoms with Gasteiger partial charge in [-0.1, -0.05) is 55.5 Å². The lowest BCUT2D eigenvalue weighted by Crippen LogP contribution is -2.48. The fourth-order valence-corrected chi connectivity index (χ4v) is 4.91. The van der Waals surface area contributed by atoms with Crippen LogP contribution in [-0.4, -0.2) is 30.5 Å². The second-order valence-corrected chi connectivity index (χ2v) is 9.09. The predicted molar refractivity (Wildman–Crippen MR) is 118 cm³/mol. The molecule has 0 saturated heterocycles. The Balaban J connectivity index is 1.37. The van der Waals surface area contributed by atoms with Gasteiger partial charge >= 0.3 is 0 Å². The van der Waals surface area contributed by atoms with E-state index in [1.807, 2.05) is 0 Å². The summed E-state index contributed by atoms with van der Waals surface area (Å²) in [6, 6.07) is 21.8. The van der Waals surface area contributed by atoms with Gasteiger partial charge in [0, 0.05) is 29.8 Å². The highest BCUT2D eigenvalue weighted by molar-refractivity contribution is 5.80. The molecule has 0 amide bonds. The van der Waals surface area contributed by atoms with Gasteiger partial charge in [-0.3, -0.25) is 4.90 Å². The number of para-hydroxylation sites is 1. The van der Waals surface area contributed by atoms with E-state index in [2.05, 4.69) is 96.9 Å². The van der Waals surface area contributed by atoms with Gasteiger partial charge in [-0.15, -0.1) is 0 Å². The Morgan fingerprint density at radius 1 is 0.929 bits per heavy atom. The van der Waals surface area contributed by atoms with Crippen molar-refractivity contribution in [1.29, 1.82) is 0 Å². The minimum absolute atomic E-state index is 0.179. The molecule has 3 aromatic rings. The quantitative estimate of drug-likeness (QED) is 0.613. The zero-order valence-corrected chi connectivity index (χ0v) is 17.5. The zero-order chi connectivity index (χ0) is 19.6. The van der Waals surface area contributed by atoms with E-state index < -0.39 is 0 Å². The number of fused-ring (bicyclic) bond motifs is 1. The van der Waals surface area contributed by atoms with Crippen molar-refractivity contribution in [2.75, 3.05) is 20.6 Å². The van der Waals surface area contributed by atoms with Crippen LogP contribution in [0.1, 0.15) is 43.9 Å². The van der Waals surface area contributed by atoms with Gasteiger partial charge in [-0.2, -0.15) is 0 Å². The first-order valence-electron chi connectivity index (χ1n) is 10.5. The SMILES string of the molecule is CN(C)C1(c2ccccc2)CCC(C)(CNCc2cc3ccccc3[nH]2)CC1. The highest BCUT2D eigenvalue weighted by atomic mass is 15.1. The Bertz CT molecular complexity index is 869. The number of benzene rings is 2. The molecule has 1 fully saturated rings. The molecule has 2 aromatic carbocycles. The lowest BCUT2D eigenvalue weighted by Gasteiger charge is -2.49. The third-order valence-electron chi connectivity index (χ3n) is 6.90. The molecule has 3 heteroatoms. The summed E-state index contributed by atoms with van der Waals surface area (Å²) in [5, 5.41) is 5.02. The molecule has 1 aromatic heterocycles. The summed E-state index contributed by atoms with van der Waals surface area (Å²) in [7, 11) is 4.48. The molecule has 0 spiro atoms. The largest absolute Gasteiger partial charge is 0.357 e. The van der Waals surface area contributed by atoms with E-state index in [0.717, 1.165) is 13.1 Å². The summed E-state index contributed by atoms with van der Waals surface area (Å²) in [4.78, 5) is 5.97. The Morgan fingerprint density at radius 2 is 1.61 bits per heavy atom. The van der Waals surface area contributed by atoms with Gasteiger partial charge in [0.15, 0.2) is 0 Å². The summed E-state index contributed by atoms with van der Waals surface area (Å²) in [6.07, 6.45) is 4.93. The highest BCUT2D eigenvalue weighted by Crippen LogP contribution is 2.47. The maximum absolute atomic E-state index is 3.72. The first-order chi connectivity index (χ1) is 13.5. The van der Waals surface area contributed by atoms with Gasteiger partial charge in [0.1, 0.15) is 0 Å². The average Bonchev–Trinajstić information content (AvgIpc) is 3.12. The predicted octanol–water partition coefficient (Wildman–Crippen LogP) is 5.29. The molecule has 0 unspecified atom stereocenters. The molecule has 0 aliphatic heterocycles. The van der Waals surface area contributed by atoms with Gasteiger partial charge in [-0.05, 0) is 68.3 Å². The van der Waals surface area contributed by atoms with Crippen molar-refractivity contribution in [3.63, 3.8) is 0 Å². The topological polar surface area (TPSA) is 31.1 Å². The molecule has 2 N–H and O–H groups in total. The Labute approximate surface area is 169 Å². The molecular formula is C25H33N3. The maximum Gasteiger partial charge on any atom is 0.0456 e. The van der Waals surface area contributed by atoms with Gasteiger partial charge < -0.3 is 10.3 Å². The summed E-state index contributed by atoms with van der Waals surface area (Å²) >= 11 is 0. The lowest BCUT2D eigenvalue weighted by atomic mass is 9.65. The molecule has 0 atom stereocenters. The van der Waals surface area contributed by atoms with Crippen molar-refractivity contribution in [3.8, 4) is 0 Å². The van der Waals surface area contributed by atoms with Crippen LogP contribution in [0.15, 0.2) is 60.7 Å². The Morgan fingerprint density at radius 3 is 2.29 bits per heavy atom. The summed E-state index contributed by atoms with van der Waals surface area (Å²) < 4.78 is 0. The van der Waals surface area contributed by atoms with Crippen molar-refractivity contribution >= 4 is 10.9 Å². The van der Waals surface area contributed by atoms with Crippen LogP contribution in [-0.2, 0) is 12.1 Å². The molecule has 1 aliphatic rings. The van der Waals surface area contributed by atoms with Crippen molar-refractivity contribution in [1.82, 2.24) is 15.2 Å². The van der Waals surface area contributed by atoms with E-state index in [-0.39, 0.29) is 5.54 Å². The van der Waals surface area contributed by atoms with Gasteiger partial charge in [0.2, 0.25) is 0 Å². The monoisotopic (exact) mass is 375 g/mol. The minimum atomic E-state index is 0.179. The van der Waals surface area contributed by atoms with Crippen LogP contribution in [0.25, 0.3) is 10.9 Å². The van der Waals surface area contributed by atoms with Crippen LogP contribution in [0.5, 0.6) is 0 Å². The second-order valence-electron chi connectivity index (χ2n) is 9.09. The smallest absolute Gasteiger partial charge is 0.0456 e.